The topological polar surface area (TPSA) is 111 Å². The largest absolute Gasteiger partial charge is 0.492 e. The number of urea groups is 1. The second-order valence-corrected chi connectivity index (χ2v) is 5.26. The molecule has 9 heteroatoms. The first-order valence-electron chi connectivity index (χ1n) is 7.19. The minimum atomic E-state index is -0.723. The second kappa shape index (κ2) is 10.3. The number of nitrogens with two attached hydrogens (primary N) is 1. The van der Waals surface area contributed by atoms with Gasteiger partial charge in [0.1, 0.15) is 12.4 Å². The van der Waals surface area contributed by atoms with Gasteiger partial charge in [-0.3, -0.25) is 9.59 Å². The molecule has 3 amide bonds. The van der Waals surface area contributed by atoms with E-state index in [0.29, 0.717) is 23.9 Å². The lowest BCUT2D eigenvalue weighted by Crippen LogP contribution is -2.35. The van der Waals surface area contributed by atoms with E-state index in [-0.39, 0.29) is 25.5 Å². The lowest BCUT2D eigenvalue weighted by atomic mass is 10.3. The highest BCUT2D eigenvalue weighted by Crippen LogP contribution is 2.15. The summed E-state index contributed by atoms with van der Waals surface area (Å²) in [6.07, 6.45) is -0.0559. The molecule has 0 fully saturated rings. The number of nitrogens with zero attached hydrogens (tertiary/aromatic N) is 1. The Kier molecular flexibility index (Phi) is 8.42. The summed E-state index contributed by atoms with van der Waals surface area (Å²) in [5.41, 5.74) is 4.86. The maximum atomic E-state index is 11.8. The lowest BCUT2D eigenvalue weighted by Gasteiger charge is -2.17. The van der Waals surface area contributed by atoms with Crippen molar-refractivity contribution in [2.24, 2.45) is 5.73 Å². The molecule has 0 saturated heterocycles. The van der Waals surface area contributed by atoms with E-state index in [0.717, 1.165) is 0 Å². The third-order valence-corrected chi connectivity index (χ3v) is 3.17. The molecule has 0 aliphatic rings. The zero-order chi connectivity index (χ0) is 17.9. The van der Waals surface area contributed by atoms with E-state index >= 15 is 0 Å². The van der Waals surface area contributed by atoms with Crippen molar-refractivity contribution in [2.75, 3.05) is 33.4 Å². The fourth-order valence-electron chi connectivity index (χ4n) is 1.57. The summed E-state index contributed by atoms with van der Waals surface area (Å²) in [7, 11) is 1.58. The third kappa shape index (κ3) is 8.23. The zero-order valence-electron chi connectivity index (χ0n) is 13.3. The van der Waals surface area contributed by atoms with Gasteiger partial charge in [0.15, 0.2) is 6.61 Å². The average molecular weight is 358 g/mol. The number of ether oxygens (including phenoxy) is 2. The number of halogens is 1. The number of nitrogens with one attached hydrogen (secondary N) is 1. The minimum absolute atomic E-state index is 0.0559. The Morgan fingerprint density at radius 1 is 1.25 bits per heavy atom. The Balaban J connectivity index is 2.18. The van der Waals surface area contributed by atoms with Gasteiger partial charge < -0.3 is 25.4 Å². The molecule has 1 aromatic rings. The smallest absolute Gasteiger partial charge is 0.312 e. The summed E-state index contributed by atoms with van der Waals surface area (Å²) < 4.78 is 10.3. The van der Waals surface area contributed by atoms with Crippen molar-refractivity contribution in [1.82, 2.24) is 10.2 Å². The van der Waals surface area contributed by atoms with Crippen LogP contribution in [0, 0.1) is 0 Å². The number of hydrogen-bond acceptors (Lipinski definition) is 5. The highest BCUT2D eigenvalue weighted by Gasteiger charge is 2.12. The number of primary amides is 1. The standard InChI is InChI=1S/C15H20ClN3O5/c1-19(8-9-23-12-4-2-11(16)3-5-12)13(20)10-24-14(21)6-7-18-15(17)22/h2-5H,6-10H2,1H3,(H3,17,18,22). The van der Waals surface area contributed by atoms with E-state index in [2.05, 4.69) is 5.32 Å². The molecule has 24 heavy (non-hydrogen) atoms. The van der Waals surface area contributed by atoms with Crippen LogP contribution in [0.1, 0.15) is 6.42 Å². The maximum absolute atomic E-state index is 11.8. The molecule has 1 rings (SSSR count). The summed E-state index contributed by atoms with van der Waals surface area (Å²) in [5, 5.41) is 2.87. The first-order chi connectivity index (χ1) is 11.4. The molecule has 1 aromatic carbocycles. The molecular weight excluding hydrogens is 338 g/mol. The van der Waals surface area contributed by atoms with E-state index in [9.17, 15) is 14.4 Å². The van der Waals surface area contributed by atoms with Gasteiger partial charge in [-0.1, -0.05) is 11.6 Å². The van der Waals surface area contributed by atoms with Gasteiger partial charge in [0, 0.05) is 18.6 Å². The van der Waals surface area contributed by atoms with Gasteiger partial charge in [-0.05, 0) is 24.3 Å². The molecule has 0 radical (unpaired) electrons. The number of carbonyl (C=O) groups is 3. The first kappa shape index (κ1) is 19.6. The van der Waals surface area contributed by atoms with Crippen molar-refractivity contribution in [3.05, 3.63) is 29.3 Å². The van der Waals surface area contributed by atoms with Crippen molar-refractivity contribution in [3.63, 3.8) is 0 Å². The molecule has 8 nitrogen and oxygen atoms in total. The van der Waals surface area contributed by atoms with Crippen LogP contribution in [-0.2, 0) is 14.3 Å². The maximum Gasteiger partial charge on any atom is 0.312 e. The number of amides is 3. The second-order valence-electron chi connectivity index (χ2n) is 4.82. The van der Waals surface area contributed by atoms with Crippen LogP contribution in [0.3, 0.4) is 0 Å². The van der Waals surface area contributed by atoms with Crippen LogP contribution in [0.15, 0.2) is 24.3 Å². The monoisotopic (exact) mass is 357 g/mol. The Labute approximate surface area is 144 Å². The molecule has 0 spiro atoms. The summed E-state index contributed by atoms with van der Waals surface area (Å²) in [5.74, 6) is -0.303. The molecular formula is C15H20ClN3O5. The van der Waals surface area contributed by atoms with Gasteiger partial charge in [-0.15, -0.1) is 0 Å². The quantitative estimate of drug-likeness (QED) is 0.634. The highest BCUT2D eigenvalue weighted by molar-refractivity contribution is 6.30. The van der Waals surface area contributed by atoms with Gasteiger partial charge >= 0.3 is 12.0 Å². The molecule has 0 heterocycles. The van der Waals surface area contributed by atoms with Crippen LogP contribution in [0.25, 0.3) is 0 Å². The summed E-state index contributed by atoms with van der Waals surface area (Å²) in [6, 6.07) is 6.15. The van der Waals surface area contributed by atoms with Crippen LogP contribution in [-0.4, -0.2) is 56.2 Å². The van der Waals surface area contributed by atoms with Gasteiger partial charge in [0.25, 0.3) is 5.91 Å². The number of rotatable bonds is 9. The molecule has 0 atom stereocenters. The number of carbonyl (C=O) groups excluding carboxylic acids is 3. The Morgan fingerprint density at radius 2 is 1.92 bits per heavy atom. The molecule has 0 aromatic heterocycles. The van der Waals surface area contributed by atoms with Crippen molar-refractivity contribution < 1.29 is 23.9 Å². The SMILES string of the molecule is CN(CCOc1ccc(Cl)cc1)C(=O)COC(=O)CCNC(N)=O. The summed E-state index contributed by atoms with van der Waals surface area (Å²) in [6.45, 7) is 0.322. The van der Waals surface area contributed by atoms with Crippen LogP contribution in [0.2, 0.25) is 5.02 Å². The predicted octanol–water partition coefficient (Wildman–Crippen LogP) is 0.779. The van der Waals surface area contributed by atoms with Crippen LogP contribution in [0.4, 0.5) is 4.79 Å². The van der Waals surface area contributed by atoms with Gasteiger partial charge in [-0.2, -0.15) is 0 Å². The molecule has 132 valence electrons. The van der Waals surface area contributed by atoms with Gasteiger partial charge in [0.2, 0.25) is 0 Å². The Hall–Kier alpha value is -2.48. The van der Waals surface area contributed by atoms with E-state index in [1.807, 2.05) is 0 Å². The fourth-order valence-corrected chi connectivity index (χ4v) is 1.69. The molecule has 0 aliphatic carbocycles. The lowest BCUT2D eigenvalue weighted by molar-refractivity contribution is -0.151. The normalized spacial score (nSPS) is 9.92. The number of likely N-dealkylation sites (N-methyl/N-ethyl adjacent to an activating group) is 1. The van der Waals surface area contributed by atoms with E-state index in [1.165, 1.54) is 4.90 Å². The van der Waals surface area contributed by atoms with Gasteiger partial charge in [-0.25, -0.2) is 4.79 Å². The van der Waals surface area contributed by atoms with Crippen molar-refractivity contribution >= 4 is 29.5 Å². The van der Waals surface area contributed by atoms with E-state index in [4.69, 9.17) is 26.8 Å². The first-order valence-corrected chi connectivity index (χ1v) is 7.57. The molecule has 0 saturated carbocycles. The molecule has 3 N–H and O–H groups in total. The summed E-state index contributed by atoms with van der Waals surface area (Å²) in [4.78, 5) is 35.0. The highest BCUT2D eigenvalue weighted by atomic mass is 35.5. The van der Waals surface area contributed by atoms with Crippen LogP contribution >= 0.6 is 11.6 Å². The van der Waals surface area contributed by atoms with Crippen molar-refractivity contribution in [2.45, 2.75) is 6.42 Å². The fraction of sp³-hybridized carbons (Fsp3) is 0.400. The van der Waals surface area contributed by atoms with Crippen LogP contribution in [0.5, 0.6) is 5.75 Å². The average Bonchev–Trinajstić information content (AvgIpc) is 2.54. The number of esters is 1. The molecule has 0 bridgehead atoms. The Morgan fingerprint density at radius 3 is 2.54 bits per heavy atom. The third-order valence-electron chi connectivity index (χ3n) is 2.92. The van der Waals surface area contributed by atoms with E-state index in [1.54, 1.807) is 31.3 Å². The van der Waals surface area contributed by atoms with Gasteiger partial charge in [0.05, 0.1) is 13.0 Å². The van der Waals surface area contributed by atoms with Crippen molar-refractivity contribution in [1.29, 1.82) is 0 Å². The Bertz CT molecular complexity index is 565. The minimum Gasteiger partial charge on any atom is -0.492 e. The number of benzene rings is 1. The predicted molar refractivity (Wildman–Crippen MR) is 87.7 cm³/mol. The summed E-state index contributed by atoms with van der Waals surface area (Å²) >= 11 is 5.77. The van der Waals surface area contributed by atoms with E-state index < -0.39 is 12.0 Å². The van der Waals surface area contributed by atoms with Crippen LogP contribution < -0.4 is 15.8 Å². The number of hydrogen-bond donors (Lipinski definition) is 2. The van der Waals surface area contributed by atoms with Crippen molar-refractivity contribution in [3.8, 4) is 5.75 Å². The molecule has 0 unspecified atom stereocenters. The zero-order valence-corrected chi connectivity index (χ0v) is 14.0. The molecule has 0 aliphatic heterocycles.